The van der Waals surface area contributed by atoms with Crippen LogP contribution in [0.15, 0.2) is 6.33 Å². The van der Waals surface area contributed by atoms with Gasteiger partial charge in [-0.2, -0.15) is 0 Å². The van der Waals surface area contributed by atoms with Gasteiger partial charge in [0.05, 0.1) is 0 Å². The molecule has 1 unspecified atom stereocenters. The predicted molar refractivity (Wildman–Crippen MR) is 76.2 cm³/mol. The first-order valence-corrected chi connectivity index (χ1v) is 7.02. The molecule has 1 saturated heterocycles. The van der Waals surface area contributed by atoms with Gasteiger partial charge < -0.3 is 10.2 Å². The second-order valence-electron chi connectivity index (χ2n) is 5.29. The Morgan fingerprint density at radius 2 is 2.28 bits per heavy atom. The van der Waals surface area contributed by atoms with Crippen molar-refractivity contribution in [1.29, 1.82) is 0 Å². The van der Waals surface area contributed by atoms with Crippen LogP contribution in [-0.4, -0.2) is 29.6 Å². The number of piperidine rings is 1. The topological polar surface area (TPSA) is 41.1 Å². The molecule has 18 heavy (non-hydrogen) atoms. The summed E-state index contributed by atoms with van der Waals surface area (Å²) in [5, 5.41) is 3.38. The van der Waals surface area contributed by atoms with E-state index in [4.69, 9.17) is 0 Å². The summed E-state index contributed by atoms with van der Waals surface area (Å²) in [5.74, 6) is 2.86. The van der Waals surface area contributed by atoms with Crippen LogP contribution < -0.4 is 10.2 Å². The fraction of sp³-hybridized carbons (Fsp3) is 0.714. The molecule has 100 valence electrons. The first kappa shape index (κ1) is 13.1. The molecule has 4 nitrogen and oxygen atoms in total. The molecule has 1 aromatic rings. The highest BCUT2D eigenvalue weighted by Gasteiger charge is 2.20. The smallest absolute Gasteiger partial charge is 0.137 e. The Morgan fingerprint density at radius 1 is 1.44 bits per heavy atom. The standard InChI is InChI=1S/C14H24N4/c1-4-7-15-13-12(3)14(17-10-16-13)18-8-5-6-11(2)9-18/h10-11H,4-9H2,1-3H3,(H,15,16,17). The fourth-order valence-corrected chi connectivity index (χ4v) is 2.56. The van der Waals surface area contributed by atoms with Crippen molar-refractivity contribution in [2.45, 2.75) is 40.0 Å². The van der Waals surface area contributed by atoms with E-state index in [0.717, 1.165) is 43.6 Å². The summed E-state index contributed by atoms with van der Waals surface area (Å²) in [6, 6.07) is 0. The van der Waals surface area contributed by atoms with Crippen LogP contribution in [0.2, 0.25) is 0 Å². The van der Waals surface area contributed by atoms with E-state index in [1.807, 2.05) is 0 Å². The molecule has 1 aliphatic heterocycles. The maximum atomic E-state index is 4.48. The summed E-state index contributed by atoms with van der Waals surface area (Å²) < 4.78 is 0. The van der Waals surface area contributed by atoms with Crippen molar-refractivity contribution in [2.24, 2.45) is 5.92 Å². The lowest BCUT2D eigenvalue weighted by atomic mass is 10.00. The normalized spacial score (nSPS) is 19.9. The second kappa shape index (κ2) is 6.03. The van der Waals surface area contributed by atoms with Crippen LogP contribution in [0, 0.1) is 12.8 Å². The van der Waals surface area contributed by atoms with Crippen molar-refractivity contribution in [3.63, 3.8) is 0 Å². The summed E-state index contributed by atoms with van der Waals surface area (Å²) in [6.45, 7) is 9.80. The first-order chi connectivity index (χ1) is 8.72. The van der Waals surface area contributed by atoms with Crippen LogP contribution in [0.5, 0.6) is 0 Å². The number of hydrogen-bond acceptors (Lipinski definition) is 4. The molecule has 1 atom stereocenters. The van der Waals surface area contributed by atoms with E-state index in [1.54, 1.807) is 6.33 Å². The number of nitrogens with one attached hydrogen (secondary N) is 1. The zero-order chi connectivity index (χ0) is 13.0. The minimum Gasteiger partial charge on any atom is -0.370 e. The zero-order valence-electron chi connectivity index (χ0n) is 11.7. The van der Waals surface area contributed by atoms with E-state index in [0.29, 0.717) is 0 Å². The van der Waals surface area contributed by atoms with Gasteiger partial charge in [0, 0.05) is 25.2 Å². The molecule has 1 aliphatic rings. The second-order valence-corrected chi connectivity index (χ2v) is 5.29. The molecule has 4 heteroatoms. The molecule has 0 spiro atoms. The van der Waals surface area contributed by atoms with Gasteiger partial charge in [-0.25, -0.2) is 9.97 Å². The minimum atomic E-state index is 0.764. The van der Waals surface area contributed by atoms with Gasteiger partial charge in [-0.15, -0.1) is 0 Å². The highest BCUT2D eigenvalue weighted by Crippen LogP contribution is 2.26. The van der Waals surface area contributed by atoms with Gasteiger partial charge in [-0.3, -0.25) is 0 Å². The molecule has 0 amide bonds. The van der Waals surface area contributed by atoms with Crippen molar-refractivity contribution in [3.8, 4) is 0 Å². The van der Waals surface area contributed by atoms with Crippen molar-refractivity contribution >= 4 is 11.6 Å². The van der Waals surface area contributed by atoms with Gasteiger partial charge >= 0.3 is 0 Å². The maximum Gasteiger partial charge on any atom is 0.137 e. The van der Waals surface area contributed by atoms with Crippen molar-refractivity contribution < 1.29 is 0 Å². The molecule has 0 aromatic carbocycles. The highest BCUT2D eigenvalue weighted by molar-refractivity contribution is 5.58. The summed E-state index contributed by atoms with van der Waals surface area (Å²) in [4.78, 5) is 11.2. The lowest BCUT2D eigenvalue weighted by molar-refractivity contribution is 0.444. The largest absolute Gasteiger partial charge is 0.370 e. The van der Waals surface area contributed by atoms with E-state index in [2.05, 4.69) is 41.0 Å². The Hall–Kier alpha value is -1.32. The van der Waals surface area contributed by atoms with E-state index in [1.165, 1.54) is 18.4 Å². The summed E-state index contributed by atoms with van der Waals surface area (Å²) in [6.07, 6.45) is 5.39. The molecule has 1 fully saturated rings. The van der Waals surface area contributed by atoms with E-state index >= 15 is 0 Å². The summed E-state index contributed by atoms with van der Waals surface area (Å²) in [7, 11) is 0. The van der Waals surface area contributed by atoms with E-state index in [9.17, 15) is 0 Å². The molecule has 1 aromatic heterocycles. The number of rotatable bonds is 4. The lowest BCUT2D eigenvalue weighted by Gasteiger charge is -2.33. The Balaban J connectivity index is 2.16. The molecule has 0 bridgehead atoms. The number of nitrogens with zero attached hydrogens (tertiary/aromatic N) is 3. The molecular formula is C14H24N4. The predicted octanol–water partition coefficient (Wildman–Crippen LogP) is 2.84. The highest BCUT2D eigenvalue weighted by atomic mass is 15.2. The Bertz CT molecular complexity index is 391. The zero-order valence-corrected chi connectivity index (χ0v) is 11.7. The Morgan fingerprint density at radius 3 is 3.00 bits per heavy atom. The fourth-order valence-electron chi connectivity index (χ4n) is 2.56. The molecule has 1 N–H and O–H groups in total. The average Bonchev–Trinajstić information content (AvgIpc) is 2.37. The van der Waals surface area contributed by atoms with Crippen molar-refractivity contribution in [1.82, 2.24) is 9.97 Å². The monoisotopic (exact) mass is 248 g/mol. The van der Waals surface area contributed by atoms with Crippen LogP contribution in [0.4, 0.5) is 11.6 Å². The van der Waals surface area contributed by atoms with Crippen molar-refractivity contribution in [2.75, 3.05) is 29.9 Å². The van der Waals surface area contributed by atoms with Gasteiger partial charge in [-0.05, 0) is 32.1 Å². The number of hydrogen-bond donors (Lipinski definition) is 1. The van der Waals surface area contributed by atoms with Gasteiger partial charge in [-0.1, -0.05) is 13.8 Å². The van der Waals surface area contributed by atoms with Gasteiger partial charge in [0.1, 0.15) is 18.0 Å². The van der Waals surface area contributed by atoms with Gasteiger partial charge in [0.25, 0.3) is 0 Å². The van der Waals surface area contributed by atoms with Crippen LogP contribution >= 0.6 is 0 Å². The van der Waals surface area contributed by atoms with Crippen LogP contribution in [-0.2, 0) is 0 Å². The van der Waals surface area contributed by atoms with Gasteiger partial charge in [0.2, 0.25) is 0 Å². The van der Waals surface area contributed by atoms with Gasteiger partial charge in [0.15, 0.2) is 0 Å². The summed E-state index contributed by atoms with van der Waals surface area (Å²) in [5.41, 5.74) is 1.18. The maximum absolute atomic E-state index is 4.48. The van der Waals surface area contributed by atoms with Crippen molar-refractivity contribution in [3.05, 3.63) is 11.9 Å². The molecule has 2 rings (SSSR count). The molecule has 0 radical (unpaired) electrons. The van der Waals surface area contributed by atoms with Crippen LogP contribution in [0.25, 0.3) is 0 Å². The van der Waals surface area contributed by atoms with Crippen LogP contribution in [0.1, 0.15) is 38.7 Å². The average molecular weight is 248 g/mol. The van der Waals surface area contributed by atoms with E-state index < -0.39 is 0 Å². The molecule has 2 heterocycles. The third-order valence-electron chi connectivity index (χ3n) is 3.56. The number of anilines is 2. The third-order valence-corrected chi connectivity index (χ3v) is 3.56. The third kappa shape index (κ3) is 2.92. The Kier molecular flexibility index (Phi) is 4.39. The Labute approximate surface area is 110 Å². The quantitative estimate of drug-likeness (QED) is 0.889. The minimum absolute atomic E-state index is 0.764. The van der Waals surface area contributed by atoms with E-state index in [-0.39, 0.29) is 0 Å². The van der Waals surface area contributed by atoms with Crippen LogP contribution in [0.3, 0.4) is 0 Å². The molecular weight excluding hydrogens is 224 g/mol. The molecule has 0 saturated carbocycles. The SMILES string of the molecule is CCCNc1ncnc(N2CCCC(C)C2)c1C. The first-order valence-electron chi connectivity index (χ1n) is 7.02. The lowest BCUT2D eigenvalue weighted by Crippen LogP contribution is -2.35. The summed E-state index contributed by atoms with van der Waals surface area (Å²) >= 11 is 0. The number of aromatic nitrogens is 2. The molecule has 0 aliphatic carbocycles.